The molecule has 7 heteroatoms. The second kappa shape index (κ2) is 7.39. The van der Waals surface area contributed by atoms with Gasteiger partial charge in [-0.05, 0) is 42.6 Å². The molecule has 0 amide bonds. The number of hydrogen-bond donors (Lipinski definition) is 2. The fraction of sp³-hybridized carbons (Fsp3) is 0.679. The summed E-state index contributed by atoms with van der Waals surface area (Å²) in [4.78, 5) is 37.1. The van der Waals surface area contributed by atoms with Crippen molar-refractivity contribution in [1.82, 2.24) is 0 Å². The molecule has 2 N–H and O–H groups in total. The van der Waals surface area contributed by atoms with E-state index in [4.69, 9.17) is 9.47 Å². The van der Waals surface area contributed by atoms with Crippen molar-refractivity contribution in [2.45, 2.75) is 79.3 Å². The average molecular weight is 485 g/mol. The van der Waals surface area contributed by atoms with Gasteiger partial charge in [-0.2, -0.15) is 0 Å². The second-order valence-electron chi connectivity index (χ2n) is 12.4. The van der Waals surface area contributed by atoms with E-state index in [2.05, 4.69) is 19.9 Å². The van der Waals surface area contributed by atoms with E-state index in [1.807, 2.05) is 26.8 Å². The van der Waals surface area contributed by atoms with Crippen molar-refractivity contribution < 1.29 is 34.1 Å². The molecule has 1 heterocycles. The molecule has 0 saturated heterocycles. The summed E-state index contributed by atoms with van der Waals surface area (Å²) in [5, 5.41) is 22.3. The van der Waals surface area contributed by atoms with E-state index in [1.165, 1.54) is 13.0 Å². The fourth-order valence-electron chi connectivity index (χ4n) is 8.75. The Kier molecular flexibility index (Phi) is 5.16. The SMILES string of the molecule is CC(=O)O[C@H]1C[C@@H]2[C@@]3(C)C=CC(=O)C(C)(C)[C@@H]3C[C@@H](O)[C@@]2(C)C2=CC[C@@H](C3=CC(=O)O[C@@H]3O)[C@@]21C. The first-order valence-electron chi connectivity index (χ1n) is 12.6. The third kappa shape index (κ3) is 3.00. The molecule has 0 aromatic rings. The lowest BCUT2D eigenvalue weighted by Crippen LogP contribution is -2.66. The number of allylic oxidation sites excluding steroid dienone is 3. The maximum absolute atomic E-state index is 12.8. The topological polar surface area (TPSA) is 110 Å². The van der Waals surface area contributed by atoms with Gasteiger partial charge in [-0.3, -0.25) is 9.59 Å². The average Bonchev–Trinajstić information content (AvgIpc) is 3.28. The molecule has 190 valence electrons. The first-order chi connectivity index (χ1) is 16.2. The lowest BCUT2D eigenvalue weighted by Gasteiger charge is -2.67. The van der Waals surface area contributed by atoms with E-state index in [1.54, 1.807) is 6.08 Å². The molecule has 9 atom stereocenters. The monoisotopic (exact) mass is 484 g/mol. The summed E-state index contributed by atoms with van der Waals surface area (Å²) in [6, 6.07) is 0. The molecule has 0 aromatic heterocycles. The van der Waals surface area contributed by atoms with Crippen molar-refractivity contribution in [3.05, 3.63) is 35.5 Å². The van der Waals surface area contributed by atoms with Crippen molar-refractivity contribution in [2.24, 2.45) is 39.4 Å². The number of cyclic esters (lactones) is 1. The predicted molar refractivity (Wildman–Crippen MR) is 126 cm³/mol. The van der Waals surface area contributed by atoms with Crippen molar-refractivity contribution in [2.75, 3.05) is 0 Å². The molecule has 0 unspecified atom stereocenters. The smallest absolute Gasteiger partial charge is 0.333 e. The molecule has 0 spiro atoms. The van der Waals surface area contributed by atoms with Gasteiger partial charge in [-0.25, -0.2) is 4.79 Å². The number of rotatable bonds is 2. The predicted octanol–water partition coefficient (Wildman–Crippen LogP) is 3.25. The van der Waals surface area contributed by atoms with Gasteiger partial charge in [0.05, 0.1) is 6.10 Å². The first kappa shape index (κ1) is 24.4. The second-order valence-corrected chi connectivity index (χ2v) is 12.4. The van der Waals surface area contributed by atoms with Gasteiger partial charge in [0.25, 0.3) is 0 Å². The highest BCUT2D eigenvalue weighted by atomic mass is 16.6. The van der Waals surface area contributed by atoms with Crippen molar-refractivity contribution >= 4 is 17.7 Å². The first-order valence-corrected chi connectivity index (χ1v) is 12.6. The number of fused-ring (bicyclic) bond motifs is 5. The summed E-state index contributed by atoms with van der Waals surface area (Å²) in [5.74, 6) is -1.37. The molecule has 5 rings (SSSR count). The summed E-state index contributed by atoms with van der Waals surface area (Å²) in [6.07, 6.45) is 6.14. The van der Waals surface area contributed by atoms with Crippen LogP contribution in [-0.4, -0.2) is 46.4 Å². The molecule has 5 aliphatic rings. The Hall–Kier alpha value is -2.25. The standard InChI is InChI=1S/C28H36O7/c1-14(29)34-22-13-19-26(4)10-9-20(30)25(2,3)18(26)12-21(31)28(19,6)17-8-7-16(27(17,22)5)15-11-23(32)35-24(15)33/h8-11,16,18-19,21-22,24,31,33H,7,12-13H2,1-6H3/t16-,18-,19+,21+,22-,24-,26-,27-,28-/m0/s1. The number of carbonyl (C=O) groups is 3. The lowest BCUT2D eigenvalue weighted by molar-refractivity contribution is -0.193. The van der Waals surface area contributed by atoms with Gasteiger partial charge >= 0.3 is 11.9 Å². The molecule has 35 heavy (non-hydrogen) atoms. The van der Waals surface area contributed by atoms with Crippen LogP contribution in [0.25, 0.3) is 0 Å². The van der Waals surface area contributed by atoms with Crippen molar-refractivity contribution in [1.29, 1.82) is 0 Å². The van der Waals surface area contributed by atoms with E-state index >= 15 is 0 Å². The van der Waals surface area contributed by atoms with Gasteiger partial charge in [0, 0.05) is 40.7 Å². The Bertz CT molecular complexity index is 1100. The third-order valence-electron chi connectivity index (χ3n) is 10.5. The molecular formula is C28H36O7. The summed E-state index contributed by atoms with van der Waals surface area (Å²) in [5.41, 5.74) is -0.893. The molecule has 2 saturated carbocycles. The van der Waals surface area contributed by atoms with Gasteiger partial charge in [0.1, 0.15) is 6.10 Å². The van der Waals surface area contributed by atoms with E-state index in [0.717, 1.165) is 5.57 Å². The fourth-order valence-corrected chi connectivity index (χ4v) is 8.75. The number of hydrogen-bond acceptors (Lipinski definition) is 7. The highest BCUT2D eigenvalue weighted by Gasteiger charge is 2.70. The number of esters is 2. The maximum atomic E-state index is 12.8. The van der Waals surface area contributed by atoms with Crippen LogP contribution < -0.4 is 0 Å². The molecule has 0 bridgehead atoms. The summed E-state index contributed by atoms with van der Waals surface area (Å²) >= 11 is 0. The zero-order valence-electron chi connectivity index (χ0n) is 21.3. The van der Waals surface area contributed by atoms with Crippen LogP contribution in [0.5, 0.6) is 0 Å². The minimum atomic E-state index is -1.33. The van der Waals surface area contributed by atoms with Crippen LogP contribution in [0.1, 0.15) is 60.8 Å². The Balaban J connectivity index is 1.66. The summed E-state index contributed by atoms with van der Waals surface area (Å²) in [7, 11) is 0. The van der Waals surface area contributed by atoms with E-state index in [9.17, 15) is 24.6 Å². The summed E-state index contributed by atoms with van der Waals surface area (Å²) < 4.78 is 11.0. The van der Waals surface area contributed by atoms with E-state index < -0.39 is 52.1 Å². The van der Waals surface area contributed by atoms with Gasteiger partial charge in [-0.1, -0.05) is 52.3 Å². The molecule has 4 aliphatic carbocycles. The van der Waals surface area contributed by atoms with Crippen LogP contribution in [0.4, 0.5) is 0 Å². The molecule has 7 nitrogen and oxygen atoms in total. The highest BCUT2D eigenvalue weighted by molar-refractivity contribution is 5.95. The van der Waals surface area contributed by atoms with E-state index in [-0.39, 0.29) is 23.5 Å². The quantitative estimate of drug-likeness (QED) is 0.457. The van der Waals surface area contributed by atoms with Crippen LogP contribution in [0, 0.1) is 39.4 Å². The van der Waals surface area contributed by atoms with Crippen LogP contribution in [0.3, 0.4) is 0 Å². The largest absolute Gasteiger partial charge is 0.462 e. The Morgan fingerprint density at radius 2 is 1.74 bits per heavy atom. The van der Waals surface area contributed by atoms with Gasteiger partial charge in [-0.15, -0.1) is 0 Å². The molecule has 1 aliphatic heterocycles. The van der Waals surface area contributed by atoms with E-state index in [0.29, 0.717) is 24.8 Å². The molecular weight excluding hydrogens is 448 g/mol. The molecule has 0 aromatic carbocycles. The number of carbonyl (C=O) groups excluding carboxylic acids is 3. The number of aliphatic hydroxyl groups excluding tert-OH is 2. The Morgan fingerprint density at radius 1 is 1.06 bits per heavy atom. The zero-order chi connectivity index (χ0) is 25.7. The highest BCUT2D eigenvalue weighted by Crippen LogP contribution is 2.72. The number of ether oxygens (including phenoxy) is 2. The lowest BCUT2D eigenvalue weighted by atomic mass is 9.38. The normalized spacial score (nSPS) is 47.8. The molecule has 2 fully saturated rings. The van der Waals surface area contributed by atoms with Crippen LogP contribution in [0.2, 0.25) is 0 Å². The number of ketones is 1. The number of aliphatic hydroxyl groups is 2. The van der Waals surface area contributed by atoms with Gasteiger partial charge in [0.15, 0.2) is 5.78 Å². The van der Waals surface area contributed by atoms with Gasteiger partial charge < -0.3 is 19.7 Å². The molecule has 0 radical (unpaired) electrons. The Labute approximate surface area is 206 Å². The third-order valence-corrected chi connectivity index (χ3v) is 10.5. The Morgan fingerprint density at radius 3 is 2.34 bits per heavy atom. The van der Waals surface area contributed by atoms with Crippen LogP contribution in [-0.2, 0) is 23.9 Å². The van der Waals surface area contributed by atoms with Crippen LogP contribution >= 0.6 is 0 Å². The van der Waals surface area contributed by atoms with Crippen molar-refractivity contribution in [3.63, 3.8) is 0 Å². The zero-order valence-corrected chi connectivity index (χ0v) is 21.3. The summed E-state index contributed by atoms with van der Waals surface area (Å²) in [6.45, 7) is 11.6. The minimum absolute atomic E-state index is 0.0638. The van der Waals surface area contributed by atoms with Crippen LogP contribution in [0.15, 0.2) is 35.5 Å². The van der Waals surface area contributed by atoms with Crippen molar-refractivity contribution in [3.8, 4) is 0 Å². The minimum Gasteiger partial charge on any atom is -0.462 e. The maximum Gasteiger partial charge on any atom is 0.333 e. The van der Waals surface area contributed by atoms with Gasteiger partial charge in [0.2, 0.25) is 6.29 Å².